The Bertz CT molecular complexity index is 734. The number of aromatic amines is 1. The summed E-state index contributed by atoms with van der Waals surface area (Å²) in [6.45, 7) is 0. The van der Waals surface area contributed by atoms with Crippen molar-refractivity contribution in [1.82, 2.24) is 10.2 Å². The van der Waals surface area contributed by atoms with Crippen LogP contribution in [0.5, 0.6) is 0 Å². The fourth-order valence-corrected chi connectivity index (χ4v) is 1.75. The van der Waals surface area contributed by atoms with Crippen molar-refractivity contribution in [2.45, 2.75) is 0 Å². The molecule has 3 rings (SSSR count). The summed E-state index contributed by atoms with van der Waals surface area (Å²) in [5.41, 5.74) is 0.841. The minimum absolute atomic E-state index is 0.101. The lowest BCUT2D eigenvalue weighted by molar-refractivity contribution is 0.0997. The largest absolute Gasteiger partial charge is 0.451 e. The average Bonchev–Trinajstić information content (AvgIpc) is 3.11. The number of nitrogens with zero attached hydrogens (tertiary/aromatic N) is 1. The highest BCUT2D eigenvalue weighted by atomic mass is 19.1. The predicted molar refractivity (Wildman–Crippen MR) is 70.6 cm³/mol. The lowest BCUT2D eigenvalue weighted by atomic mass is 10.3. The minimum Gasteiger partial charge on any atom is -0.451 e. The number of carbonyl (C=O) groups excluding carboxylic acids is 1. The number of amides is 1. The van der Waals surface area contributed by atoms with E-state index in [1.807, 2.05) is 0 Å². The van der Waals surface area contributed by atoms with Gasteiger partial charge in [-0.1, -0.05) is 12.1 Å². The Labute approximate surface area is 113 Å². The molecule has 20 heavy (non-hydrogen) atoms. The van der Waals surface area contributed by atoms with E-state index < -0.39 is 11.7 Å². The number of furan rings is 1. The summed E-state index contributed by atoms with van der Waals surface area (Å²) >= 11 is 0. The summed E-state index contributed by atoms with van der Waals surface area (Å²) < 4.78 is 18.8. The van der Waals surface area contributed by atoms with Gasteiger partial charge in [-0.05, 0) is 24.3 Å². The van der Waals surface area contributed by atoms with Gasteiger partial charge < -0.3 is 9.73 Å². The van der Waals surface area contributed by atoms with Crippen LogP contribution in [-0.2, 0) is 0 Å². The quantitative estimate of drug-likeness (QED) is 0.769. The van der Waals surface area contributed by atoms with Gasteiger partial charge in [-0.25, -0.2) is 4.39 Å². The topological polar surface area (TPSA) is 70.9 Å². The van der Waals surface area contributed by atoms with Gasteiger partial charge in [0.2, 0.25) is 0 Å². The second-order valence-corrected chi connectivity index (χ2v) is 4.08. The van der Waals surface area contributed by atoms with E-state index >= 15 is 0 Å². The molecule has 0 saturated heterocycles. The van der Waals surface area contributed by atoms with Gasteiger partial charge in [0, 0.05) is 6.20 Å². The number of halogens is 1. The van der Waals surface area contributed by atoms with Crippen molar-refractivity contribution >= 4 is 11.6 Å². The molecule has 0 unspecified atom stereocenters. The van der Waals surface area contributed by atoms with E-state index in [2.05, 4.69) is 15.5 Å². The lowest BCUT2D eigenvalue weighted by Crippen LogP contribution is -2.11. The number of hydrogen-bond acceptors (Lipinski definition) is 3. The maximum Gasteiger partial charge on any atom is 0.291 e. The van der Waals surface area contributed by atoms with Crippen LogP contribution >= 0.6 is 0 Å². The molecule has 0 fully saturated rings. The first-order valence-electron chi connectivity index (χ1n) is 5.89. The second kappa shape index (κ2) is 5.00. The monoisotopic (exact) mass is 271 g/mol. The van der Waals surface area contributed by atoms with Crippen molar-refractivity contribution in [3.8, 4) is 11.3 Å². The third kappa shape index (κ3) is 2.31. The van der Waals surface area contributed by atoms with Crippen molar-refractivity contribution in [2.24, 2.45) is 0 Å². The number of nitrogens with one attached hydrogen (secondary N) is 2. The molecule has 0 aliphatic rings. The van der Waals surface area contributed by atoms with E-state index in [-0.39, 0.29) is 11.4 Å². The molecule has 2 heterocycles. The number of benzene rings is 1. The molecule has 100 valence electrons. The van der Waals surface area contributed by atoms with E-state index in [0.29, 0.717) is 5.76 Å². The van der Waals surface area contributed by atoms with Crippen LogP contribution in [0.1, 0.15) is 10.6 Å². The van der Waals surface area contributed by atoms with Gasteiger partial charge in [0.15, 0.2) is 5.76 Å². The van der Waals surface area contributed by atoms with Crippen LogP contribution in [-0.4, -0.2) is 16.1 Å². The molecule has 0 aliphatic heterocycles. The molecule has 0 atom stereocenters. The van der Waals surface area contributed by atoms with Crippen LogP contribution < -0.4 is 5.32 Å². The third-order valence-corrected chi connectivity index (χ3v) is 2.73. The molecule has 3 aromatic rings. The van der Waals surface area contributed by atoms with Gasteiger partial charge in [-0.2, -0.15) is 5.10 Å². The highest BCUT2D eigenvalue weighted by molar-refractivity contribution is 6.02. The zero-order valence-electron chi connectivity index (χ0n) is 10.3. The summed E-state index contributed by atoms with van der Waals surface area (Å²) in [4.78, 5) is 12.0. The first-order chi connectivity index (χ1) is 9.74. The van der Waals surface area contributed by atoms with Crippen molar-refractivity contribution in [3.63, 3.8) is 0 Å². The van der Waals surface area contributed by atoms with Gasteiger partial charge in [-0.3, -0.25) is 9.89 Å². The maximum atomic E-state index is 13.4. The van der Waals surface area contributed by atoms with Crippen molar-refractivity contribution in [3.05, 3.63) is 60.4 Å². The van der Waals surface area contributed by atoms with Gasteiger partial charge in [0.25, 0.3) is 5.91 Å². The fourth-order valence-electron chi connectivity index (χ4n) is 1.75. The van der Waals surface area contributed by atoms with Crippen molar-refractivity contribution in [2.75, 3.05) is 5.32 Å². The smallest absolute Gasteiger partial charge is 0.291 e. The zero-order chi connectivity index (χ0) is 13.9. The molecule has 0 saturated carbocycles. The number of anilines is 1. The molecule has 0 aliphatic carbocycles. The molecule has 1 aromatic carbocycles. The number of rotatable bonds is 3. The Kier molecular flexibility index (Phi) is 3.04. The summed E-state index contributed by atoms with van der Waals surface area (Å²) in [6.07, 6.45) is 3.23. The first kappa shape index (κ1) is 12.2. The van der Waals surface area contributed by atoms with E-state index in [4.69, 9.17) is 4.42 Å². The van der Waals surface area contributed by atoms with Crippen LogP contribution in [0.2, 0.25) is 0 Å². The summed E-state index contributed by atoms with van der Waals surface area (Å²) in [6, 6.07) is 9.12. The van der Waals surface area contributed by atoms with Crippen LogP contribution in [0.25, 0.3) is 11.3 Å². The maximum absolute atomic E-state index is 13.4. The van der Waals surface area contributed by atoms with E-state index in [9.17, 15) is 9.18 Å². The molecule has 1 amide bonds. The molecule has 0 bridgehead atoms. The average molecular weight is 271 g/mol. The van der Waals surface area contributed by atoms with Gasteiger partial charge in [0.1, 0.15) is 11.6 Å². The Morgan fingerprint density at radius 3 is 2.85 bits per heavy atom. The van der Waals surface area contributed by atoms with Crippen LogP contribution in [0, 0.1) is 5.82 Å². The standard InChI is InChI=1S/C14H10FN3O2/c15-10-3-1-2-4-11(10)18-14(19)13-6-5-12(20-13)9-7-16-17-8-9/h1-8H,(H,16,17)(H,18,19). The molecule has 0 spiro atoms. The highest BCUT2D eigenvalue weighted by Crippen LogP contribution is 2.22. The van der Waals surface area contributed by atoms with Gasteiger partial charge in [-0.15, -0.1) is 0 Å². The van der Waals surface area contributed by atoms with Crippen LogP contribution in [0.3, 0.4) is 0 Å². The Balaban J connectivity index is 1.80. The number of carbonyl (C=O) groups is 1. The summed E-state index contributed by atoms with van der Waals surface area (Å²) in [5, 5.41) is 8.90. The highest BCUT2D eigenvalue weighted by Gasteiger charge is 2.14. The van der Waals surface area contributed by atoms with Crippen LogP contribution in [0.4, 0.5) is 10.1 Å². The second-order valence-electron chi connectivity index (χ2n) is 4.08. The van der Waals surface area contributed by atoms with E-state index in [1.54, 1.807) is 30.6 Å². The normalized spacial score (nSPS) is 10.4. The number of hydrogen-bond donors (Lipinski definition) is 2. The predicted octanol–water partition coefficient (Wildman–Crippen LogP) is 3.06. The molecular formula is C14H10FN3O2. The molecular weight excluding hydrogens is 261 g/mol. The molecule has 2 N–H and O–H groups in total. The number of aromatic nitrogens is 2. The Morgan fingerprint density at radius 1 is 1.25 bits per heavy atom. The lowest BCUT2D eigenvalue weighted by Gasteiger charge is -2.03. The summed E-state index contributed by atoms with van der Waals surface area (Å²) in [7, 11) is 0. The number of H-pyrrole nitrogens is 1. The van der Waals surface area contributed by atoms with E-state index in [0.717, 1.165) is 5.56 Å². The molecule has 5 nitrogen and oxygen atoms in total. The number of para-hydroxylation sites is 1. The summed E-state index contributed by atoms with van der Waals surface area (Å²) in [5.74, 6) is -0.394. The molecule has 6 heteroatoms. The molecule has 2 aromatic heterocycles. The van der Waals surface area contributed by atoms with Crippen LogP contribution in [0.15, 0.2) is 53.2 Å². The Morgan fingerprint density at radius 2 is 2.10 bits per heavy atom. The molecule has 0 radical (unpaired) electrons. The van der Waals surface area contributed by atoms with E-state index in [1.165, 1.54) is 18.2 Å². The minimum atomic E-state index is -0.509. The Hall–Kier alpha value is -2.89. The van der Waals surface area contributed by atoms with Gasteiger partial charge >= 0.3 is 0 Å². The van der Waals surface area contributed by atoms with Crippen molar-refractivity contribution in [1.29, 1.82) is 0 Å². The SMILES string of the molecule is O=C(Nc1ccccc1F)c1ccc(-c2cn[nH]c2)o1. The van der Waals surface area contributed by atoms with Gasteiger partial charge in [0.05, 0.1) is 17.4 Å². The van der Waals surface area contributed by atoms with Crippen molar-refractivity contribution < 1.29 is 13.6 Å². The third-order valence-electron chi connectivity index (χ3n) is 2.73. The fraction of sp³-hybridized carbons (Fsp3) is 0. The first-order valence-corrected chi connectivity index (χ1v) is 5.89. The zero-order valence-corrected chi connectivity index (χ0v) is 10.3.